The first-order valence-electron chi connectivity index (χ1n) is 6.49. The van der Waals surface area contributed by atoms with Crippen LogP contribution in [0.15, 0.2) is 18.2 Å². The Morgan fingerprint density at radius 3 is 2.94 bits per heavy atom. The lowest BCUT2D eigenvalue weighted by molar-refractivity contribution is 0.100. The van der Waals surface area contributed by atoms with Crippen LogP contribution < -0.4 is 16.4 Å². The van der Waals surface area contributed by atoms with Crippen molar-refractivity contribution in [2.24, 2.45) is 11.7 Å². The average Bonchev–Trinajstić information content (AvgIpc) is 2.38. The molecule has 0 saturated carbocycles. The van der Waals surface area contributed by atoms with Gasteiger partial charge in [-0.2, -0.15) is 0 Å². The molecule has 1 saturated heterocycles. The van der Waals surface area contributed by atoms with Gasteiger partial charge in [0.2, 0.25) is 0 Å². The molecule has 1 unspecified atom stereocenters. The highest BCUT2D eigenvalue weighted by atomic mass is 16.1. The Bertz CT molecular complexity index is 445. The fourth-order valence-corrected chi connectivity index (χ4v) is 2.52. The zero-order valence-electron chi connectivity index (χ0n) is 10.9. The lowest BCUT2D eigenvalue weighted by atomic mass is 9.99. The quantitative estimate of drug-likeness (QED) is 0.629. The normalized spacial score (nSPS) is 19.9. The van der Waals surface area contributed by atoms with E-state index in [0.29, 0.717) is 17.2 Å². The summed E-state index contributed by atoms with van der Waals surface area (Å²) in [6, 6.07) is 5.67. The maximum Gasteiger partial charge on any atom is 0.178 e. The van der Waals surface area contributed by atoms with E-state index in [0.717, 1.165) is 18.8 Å². The van der Waals surface area contributed by atoms with E-state index in [4.69, 9.17) is 11.5 Å². The third-order valence-electron chi connectivity index (χ3n) is 3.54. The highest BCUT2D eigenvalue weighted by Crippen LogP contribution is 2.26. The number of Topliss-reactive ketones (excluding diaryl/α,β-unsaturated/α-hetero) is 1. The van der Waals surface area contributed by atoms with Crippen molar-refractivity contribution in [2.75, 3.05) is 30.3 Å². The highest BCUT2D eigenvalue weighted by Gasteiger charge is 2.18. The van der Waals surface area contributed by atoms with E-state index < -0.39 is 0 Å². The summed E-state index contributed by atoms with van der Waals surface area (Å²) < 4.78 is 0. The van der Waals surface area contributed by atoms with Crippen LogP contribution >= 0.6 is 0 Å². The number of anilines is 2. The molecule has 4 N–H and O–H groups in total. The molecule has 0 amide bonds. The number of rotatable bonds is 3. The van der Waals surface area contributed by atoms with Gasteiger partial charge in [-0.15, -0.1) is 0 Å². The van der Waals surface area contributed by atoms with Gasteiger partial charge < -0.3 is 16.4 Å². The molecule has 1 heterocycles. The largest absolute Gasteiger partial charge is 0.398 e. The number of ketones is 1. The number of nitrogen functional groups attached to an aromatic ring is 1. The van der Waals surface area contributed by atoms with Gasteiger partial charge in [-0.3, -0.25) is 4.79 Å². The Balaban J connectivity index is 2.26. The number of carbonyl (C=O) groups excluding carboxylic acids is 1. The van der Waals surface area contributed by atoms with Crippen molar-refractivity contribution in [1.82, 2.24) is 0 Å². The monoisotopic (exact) mass is 247 g/mol. The predicted molar refractivity (Wildman–Crippen MR) is 74.9 cm³/mol. The lowest BCUT2D eigenvalue weighted by Crippen LogP contribution is -2.34. The van der Waals surface area contributed by atoms with Crippen LogP contribution in [0.3, 0.4) is 0 Å². The van der Waals surface area contributed by atoms with Crippen LogP contribution in [-0.4, -0.2) is 25.4 Å². The Kier molecular flexibility index (Phi) is 3.87. The summed E-state index contributed by atoms with van der Waals surface area (Å²) in [6.07, 6.45) is 2.48. The Hall–Kier alpha value is -1.55. The molecule has 18 heavy (non-hydrogen) atoms. The smallest absolute Gasteiger partial charge is 0.178 e. The average molecular weight is 247 g/mol. The molecule has 1 aliphatic heterocycles. The first-order valence-corrected chi connectivity index (χ1v) is 6.49. The number of piperidine rings is 1. The van der Waals surface area contributed by atoms with Crippen LogP contribution in [0.1, 0.15) is 30.1 Å². The van der Waals surface area contributed by atoms with E-state index in [1.807, 2.05) is 12.1 Å². The summed E-state index contributed by atoms with van der Waals surface area (Å²) >= 11 is 0. The van der Waals surface area contributed by atoms with Gasteiger partial charge in [-0.1, -0.05) is 6.92 Å². The molecule has 2 rings (SSSR count). The molecule has 0 aromatic heterocycles. The molecule has 4 nitrogen and oxygen atoms in total. The van der Waals surface area contributed by atoms with Crippen LogP contribution in [0, 0.1) is 5.92 Å². The van der Waals surface area contributed by atoms with Crippen LogP contribution in [0.5, 0.6) is 0 Å². The minimum Gasteiger partial charge on any atom is -0.398 e. The van der Waals surface area contributed by atoms with Gasteiger partial charge in [0.25, 0.3) is 0 Å². The molecule has 0 radical (unpaired) electrons. The molecular weight excluding hydrogens is 226 g/mol. The van der Waals surface area contributed by atoms with Gasteiger partial charge >= 0.3 is 0 Å². The topological polar surface area (TPSA) is 72.3 Å². The molecule has 0 aliphatic carbocycles. The third kappa shape index (κ3) is 2.64. The molecule has 1 aromatic rings. The minimum absolute atomic E-state index is 0.00402. The first-order chi connectivity index (χ1) is 8.61. The van der Waals surface area contributed by atoms with Gasteiger partial charge in [-0.05, 0) is 37.0 Å². The molecule has 98 valence electrons. The summed E-state index contributed by atoms with van der Waals surface area (Å²) in [4.78, 5) is 14.0. The number of benzene rings is 1. The second kappa shape index (κ2) is 5.40. The molecular formula is C14H21N3O. The van der Waals surface area contributed by atoms with Gasteiger partial charge in [0.15, 0.2) is 5.78 Å². The van der Waals surface area contributed by atoms with Gasteiger partial charge in [0.1, 0.15) is 0 Å². The standard InChI is InChI=1S/C14H21N3O/c1-10-3-2-6-17(9-10)11-4-5-13(16)12(7-11)14(18)8-15/h4-5,7,10H,2-3,6,8-9,15-16H2,1H3. The zero-order chi connectivity index (χ0) is 13.1. The number of hydrogen-bond donors (Lipinski definition) is 2. The Morgan fingerprint density at radius 1 is 1.50 bits per heavy atom. The van der Waals surface area contributed by atoms with Crippen molar-refractivity contribution in [1.29, 1.82) is 0 Å². The van der Waals surface area contributed by atoms with Crippen molar-refractivity contribution in [3.05, 3.63) is 23.8 Å². The minimum atomic E-state index is -0.0978. The lowest BCUT2D eigenvalue weighted by Gasteiger charge is -2.33. The maximum absolute atomic E-state index is 11.7. The summed E-state index contributed by atoms with van der Waals surface area (Å²) in [5.41, 5.74) is 13.4. The van der Waals surface area contributed by atoms with Crippen molar-refractivity contribution in [2.45, 2.75) is 19.8 Å². The highest BCUT2D eigenvalue weighted by molar-refractivity contribution is 6.02. The fraction of sp³-hybridized carbons (Fsp3) is 0.500. The molecule has 0 bridgehead atoms. The number of hydrogen-bond acceptors (Lipinski definition) is 4. The van der Waals surface area contributed by atoms with Crippen molar-refractivity contribution >= 4 is 17.2 Å². The molecule has 1 atom stereocenters. The van der Waals surface area contributed by atoms with Crippen molar-refractivity contribution in [3.63, 3.8) is 0 Å². The van der Waals surface area contributed by atoms with Crippen molar-refractivity contribution < 1.29 is 4.79 Å². The van der Waals surface area contributed by atoms with Crippen LogP contribution in [0.2, 0.25) is 0 Å². The van der Waals surface area contributed by atoms with E-state index in [1.165, 1.54) is 12.8 Å². The van der Waals surface area contributed by atoms with Gasteiger partial charge in [0, 0.05) is 30.0 Å². The second-order valence-corrected chi connectivity index (χ2v) is 5.09. The first kappa shape index (κ1) is 12.9. The second-order valence-electron chi connectivity index (χ2n) is 5.09. The van der Waals surface area contributed by atoms with E-state index in [2.05, 4.69) is 11.8 Å². The van der Waals surface area contributed by atoms with E-state index in [-0.39, 0.29) is 12.3 Å². The fourth-order valence-electron chi connectivity index (χ4n) is 2.52. The van der Waals surface area contributed by atoms with E-state index in [9.17, 15) is 4.79 Å². The summed E-state index contributed by atoms with van der Waals surface area (Å²) in [5, 5.41) is 0. The van der Waals surface area contributed by atoms with Gasteiger partial charge in [0.05, 0.1) is 6.54 Å². The Morgan fingerprint density at radius 2 is 2.28 bits per heavy atom. The van der Waals surface area contributed by atoms with Crippen LogP contribution in [0.4, 0.5) is 11.4 Å². The maximum atomic E-state index is 11.7. The SMILES string of the molecule is CC1CCCN(c2ccc(N)c(C(=O)CN)c2)C1. The molecule has 1 fully saturated rings. The van der Waals surface area contributed by atoms with E-state index >= 15 is 0 Å². The number of carbonyl (C=O) groups is 1. The molecule has 1 aliphatic rings. The third-order valence-corrected chi connectivity index (χ3v) is 3.54. The summed E-state index contributed by atoms with van der Waals surface area (Å²) in [7, 11) is 0. The number of nitrogens with two attached hydrogens (primary N) is 2. The molecule has 4 heteroatoms. The summed E-state index contributed by atoms with van der Waals surface area (Å²) in [6.45, 7) is 4.35. The number of nitrogens with zero attached hydrogens (tertiary/aromatic N) is 1. The summed E-state index contributed by atoms with van der Waals surface area (Å²) in [5.74, 6) is 0.601. The van der Waals surface area contributed by atoms with Crippen molar-refractivity contribution in [3.8, 4) is 0 Å². The van der Waals surface area contributed by atoms with Crippen LogP contribution in [0.25, 0.3) is 0 Å². The molecule has 1 aromatic carbocycles. The zero-order valence-corrected chi connectivity index (χ0v) is 10.9. The van der Waals surface area contributed by atoms with Gasteiger partial charge in [-0.25, -0.2) is 0 Å². The van der Waals surface area contributed by atoms with Crippen LogP contribution in [-0.2, 0) is 0 Å². The Labute approximate surface area is 108 Å². The molecule has 0 spiro atoms. The van der Waals surface area contributed by atoms with E-state index in [1.54, 1.807) is 6.07 Å². The predicted octanol–water partition coefficient (Wildman–Crippen LogP) is 1.65.